The third-order valence-electron chi connectivity index (χ3n) is 4.06. The third kappa shape index (κ3) is 4.07. The van der Waals surface area contributed by atoms with Crippen LogP contribution in [-0.2, 0) is 20.0 Å². The van der Waals surface area contributed by atoms with Gasteiger partial charge in [0.2, 0.25) is 9.84 Å². The number of halogens is 1. The number of epoxide rings is 1. The monoisotopic (exact) mass is 424 g/mol. The fourth-order valence-electron chi connectivity index (χ4n) is 2.46. The van der Waals surface area contributed by atoms with E-state index in [1.807, 2.05) is 12.1 Å². The summed E-state index contributed by atoms with van der Waals surface area (Å²) in [5, 5.41) is 0. The van der Waals surface area contributed by atoms with Crippen LogP contribution in [0.1, 0.15) is 26.3 Å². The molecule has 0 amide bonds. The molecule has 0 N–H and O–H groups in total. The lowest BCUT2D eigenvalue weighted by atomic mass is 9.87. The van der Waals surface area contributed by atoms with Crippen molar-refractivity contribution < 1.29 is 17.9 Å². The van der Waals surface area contributed by atoms with Crippen LogP contribution < -0.4 is 4.74 Å². The number of hydrogen-bond donors (Lipinski definition) is 0. The van der Waals surface area contributed by atoms with Crippen molar-refractivity contribution in [1.29, 1.82) is 0 Å². The highest BCUT2D eigenvalue weighted by Crippen LogP contribution is 2.36. The summed E-state index contributed by atoms with van der Waals surface area (Å²) in [5.41, 5.74) is 1.05. The predicted octanol–water partition coefficient (Wildman–Crippen LogP) is 4.36. The van der Waals surface area contributed by atoms with E-state index in [-0.39, 0.29) is 21.3 Å². The molecule has 1 fully saturated rings. The van der Waals surface area contributed by atoms with Gasteiger partial charge in [-0.3, -0.25) is 0 Å². The first-order valence-electron chi connectivity index (χ1n) is 8.08. The summed E-state index contributed by atoms with van der Waals surface area (Å²) in [5.74, 6) is 0.338. The van der Waals surface area contributed by atoms with Gasteiger partial charge in [-0.25, -0.2) is 8.42 Å². The molecule has 6 heteroatoms. The van der Waals surface area contributed by atoms with E-state index in [1.165, 1.54) is 0 Å². The van der Waals surface area contributed by atoms with Crippen molar-refractivity contribution in [3.63, 3.8) is 0 Å². The van der Waals surface area contributed by atoms with Crippen molar-refractivity contribution in [2.24, 2.45) is 0 Å². The Balaban J connectivity index is 1.99. The normalized spacial score (nSPS) is 17.4. The summed E-state index contributed by atoms with van der Waals surface area (Å²) in [6, 6.07) is 12.2. The van der Waals surface area contributed by atoms with Gasteiger partial charge in [0.05, 0.1) is 11.5 Å². The van der Waals surface area contributed by atoms with E-state index in [4.69, 9.17) is 9.47 Å². The van der Waals surface area contributed by atoms with E-state index in [2.05, 4.69) is 36.7 Å². The molecule has 0 bridgehead atoms. The summed E-state index contributed by atoms with van der Waals surface area (Å²) in [4.78, 5) is 0.402. The van der Waals surface area contributed by atoms with E-state index in [1.54, 1.807) is 30.3 Å². The molecule has 25 heavy (non-hydrogen) atoms. The maximum Gasteiger partial charge on any atom is 0.211 e. The first kappa shape index (κ1) is 18.4. The van der Waals surface area contributed by atoms with Crippen LogP contribution in [0.4, 0.5) is 0 Å². The molecule has 134 valence electrons. The zero-order valence-corrected chi connectivity index (χ0v) is 16.9. The standard InChI is InChI=1S/C19H21BrO4S/c1-19(2,3)13-7-9-15(10-8-13)25(21,22)18-16(20)5-4-6-17(18)24-12-14-11-23-14/h4-10,14H,11-12H2,1-3H3. The van der Waals surface area contributed by atoms with Crippen molar-refractivity contribution in [1.82, 2.24) is 0 Å². The van der Waals surface area contributed by atoms with Gasteiger partial charge < -0.3 is 9.47 Å². The topological polar surface area (TPSA) is 55.9 Å². The molecule has 2 aromatic rings. The Hall–Kier alpha value is -1.37. The van der Waals surface area contributed by atoms with Gasteiger partial charge in [0.1, 0.15) is 23.4 Å². The zero-order valence-electron chi connectivity index (χ0n) is 14.5. The van der Waals surface area contributed by atoms with Crippen LogP contribution in [-0.4, -0.2) is 27.7 Å². The Morgan fingerprint density at radius 3 is 2.36 bits per heavy atom. The van der Waals surface area contributed by atoms with Crippen LogP contribution in [0, 0.1) is 0 Å². The van der Waals surface area contributed by atoms with Gasteiger partial charge >= 0.3 is 0 Å². The summed E-state index contributed by atoms with van der Waals surface area (Å²) in [7, 11) is -3.70. The Kier molecular flexibility index (Phi) is 4.97. The van der Waals surface area contributed by atoms with E-state index in [0.717, 1.165) is 5.56 Å². The summed E-state index contributed by atoms with van der Waals surface area (Å²) in [6.45, 7) is 7.29. The highest BCUT2D eigenvalue weighted by Gasteiger charge is 2.28. The van der Waals surface area contributed by atoms with Gasteiger partial charge in [-0.15, -0.1) is 0 Å². The molecule has 1 aliphatic heterocycles. The van der Waals surface area contributed by atoms with E-state index >= 15 is 0 Å². The quantitative estimate of drug-likeness (QED) is 0.669. The maximum absolute atomic E-state index is 13.2. The minimum atomic E-state index is -3.70. The van der Waals surface area contributed by atoms with Crippen LogP contribution in [0.2, 0.25) is 0 Å². The molecule has 1 unspecified atom stereocenters. The average Bonchev–Trinajstić information content (AvgIpc) is 3.36. The van der Waals surface area contributed by atoms with Gasteiger partial charge in [-0.05, 0) is 51.2 Å². The smallest absolute Gasteiger partial charge is 0.211 e. The second-order valence-corrected chi connectivity index (χ2v) is 9.85. The Labute approximate surface area is 157 Å². The first-order valence-corrected chi connectivity index (χ1v) is 10.4. The Bertz CT molecular complexity index is 863. The molecule has 0 aliphatic carbocycles. The van der Waals surface area contributed by atoms with Gasteiger partial charge in [0.15, 0.2) is 0 Å². The molecule has 1 heterocycles. The number of hydrogen-bond acceptors (Lipinski definition) is 4. The van der Waals surface area contributed by atoms with Gasteiger partial charge in [-0.1, -0.05) is 39.0 Å². The largest absolute Gasteiger partial charge is 0.489 e. The van der Waals surface area contributed by atoms with Gasteiger partial charge in [0.25, 0.3) is 0 Å². The van der Waals surface area contributed by atoms with Crippen molar-refractivity contribution in [3.05, 3.63) is 52.5 Å². The second kappa shape index (κ2) is 6.74. The summed E-state index contributed by atoms with van der Waals surface area (Å²) in [6.07, 6.45) is 0.0561. The SMILES string of the molecule is CC(C)(C)c1ccc(S(=O)(=O)c2c(Br)cccc2OCC2CO2)cc1. The predicted molar refractivity (Wildman–Crippen MR) is 100.0 cm³/mol. The average molecular weight is 425 g/mol. The first-order chi connectivity index (χ1) is 11.7. The van der Waals surface area contributed by atoms with Crippen LogP contribution in [0.15, 0.2) is 56.7 Å². The van der Waals surface area contributed by atoms with Crippen LogP contribution in [0.25, 0.3) is 0 Å². The van der Waals surface area contributed by atoms with Crippen molar-refractivity contribution in [2.45, 2.75) is 42.1 Å². The van der Waals surface area contributed by atoms with Crippen molar-refractivity contribution in [3.8, 4) is 5.75 Å². The summed E-state index contributed by atoms with van der Waals surface area (Å²) >= 11 is 3.36. The lowest BCUT2D eigenvalue weighted by Gasteiger charge is -2.19. The fourth-order valence-corrected chi connectivity index (χ4v) is 4.90. The van der Waals surface area contributed by atoms with Crippen LogP contribution >= 0.6 is 15.9 Å². The van der Waals surface area contributed by atoms with Crippen molar-refractivity contribution >= 4 is 25.8 Å². The Morgan fingerprint density at radius 2 is 1.80 bits per heavy atom. The molecule has 1 saturated heterocycles. The maximum atomic E-state index is 13.2. The molecule has 0 aromatic heterocycles. The highest BCUT2D eigenvalue weighted by atomic mass is 79.9. The fraction of sp³-hybridized carbons (Fsp3) is 0.368. The molecule has 3 rings (SSSR count). The number of sulfone groups is 1. The Morgan fingerprint density at radius 1 is 1.16 bits per heavy atom. The molecule has 0 saturated carbocycles. The zero-order chi connectivity index (χ0) is 18.2. The van der Waals surface area contributed by atoms with E-state index in [0.29, 0.717) is 23.4 Å². The minimum Gasteiger partial charge on any atom is -0.489 e. The van der Waals surface area contributed by atoms with Gasteiger partial charge in [-0.2, -0.15) is 0 Å². The second-order valence-electron chi connectivity index (χ2n) is 7.11. The molecular weight excluding hydrogens is 404 g/mol. The molecule has 2 aromatic carbocycles. The lowest BCUT2D eigenvalue weighted by molar-refractivity contribution is 0.257. The van der Waals surface area contributed by atoms with Gasteiger partial charge in [0, 0.05) is 4.47 Å². The van der Waals surface area contributed by atoms with Crippen LogP contribution in [0.5, 0.6) is 5.75 Å². The van der Waals surface area contributed by atoms with Crippen molar-refractivity contribution in [2.75, 3.05) is 13.2 Å². The number of rotatable bonds is 5. The van der Waals surface area contributed by atoms with E-state index < -0.39 is 9.84 Å². The molecule has 0 radical (unpaired) electrons. The summed E-state index contributed by atoms with van der Waals surface area (Å²) < 4.78 is 37.6. The molecule has 0 spiro atoms. The van der Waals surface area contributed by atoms with Crippen LogP contribution in [0.3, 0.4) is 0 Å². The highest BCUT2D eigenvalue weighted by molar-refractivity contribution is 9.10. The molecule has 4 nitrogen and oxygen atoms in total. The number of ether oxygens (including phenoxy) is 2. The minimum absolute atomic E-state index is 0.0336. The number of benzene rings is 2. The third-order valence-corrected chi connectivity index (χ3v) is 6.83. The van der Waals surface area contributed by atoms with E-state index in [9.17, 15) is 8.42 Å². The molecular formula is C19H21BrO4S. The lowest BCUT2D eigenvalue weighted by Crippen LogP contribution is -2.12. The molecule has 1 atom stereocenters. The molecule has 1 aliphatic rings.